The molecule has 0 radical (unpaired) electrons. The second kappa shape index (κ2) is 10.8. The fraction of sp³-hybridized carbons (Fsp3) is 0.300. The van der Waals surface area contributed by atoms with E-state index in [2.05, 4.69) is 24.7 Å². The predicted octanol–water partition coefficient (Wildman–Crippen LogP) is 4.26. The van der Waals surface area contributed by atoms with Gasteiger partial charge in [0.1, 0.15) is 11.5 Å². The van der Waals surface area contributed by atoms with Gasteiger partial charge < -0.3 is 9.47 Å². The van der Waals surface area contributed by atoms with Crippen molar-refractivity contribution in [3.63, 3.8) is 0 Å². The molecule has 150 valence electrons. The third-order valence-corrected chi connectivity index (χ3v) is 4.16. The fourth-order valence-electron chi connectivity index (χ4n) is 2.11. The molecule has 0 fully saturated rings. The van der Waals surface area contributed by atoms with E-state index >= 15 is 0 Å². The molecule has 0 aliphatic rings. The van der Waals surface area contributed by atoms with Gasteiger partial charge in [0.25, 0.3) is 11.8 Å². The van der Waals surface area contributed by atoms with Crippen molar-refractivity contribution in [3.05, 3.63) is 58.1 Å². The Hall–Kier alpha value is -2.44. The summed E-state index contributed by atoms with van der Waals surface area (Å²) >= 11 is 11.8. The molecule has 8 heteroatoms. The van der Waals surface area contributed by atoms with Gasteiger partial charge in [-0.25, -0.2) is 0 Å². The van der Waals surface area contributed by atoms with Gasteiger partial charge in [0, 0.05) is 10.6 Å². The Morgan fingerprint density at radius 3 is 2.54 bits per heavy atom. The van der Waals surface area contributed by atoms with Crippen LogP contribution in [0.3, 0.4) is 0 Å². The van der Waals surface area contributed by atoms with Gasteiger partial charge >= 0.3 is 0 Å². The lowest BCUT2D eigenvalue weighted by Gasteiger charge is -2.11. The number of carbonyl (C=O) groups excluding carboxylic acids is 2. The van der Waals surface area contributed by atoms with Crippen LogP contribution in [-0.2, 0) is 4.79 Å². The minimum atomic E-state index is -0.538. The molecular formula is C20H22Cl2N2O4. The molecular weight excluding hydrogens is 403 g/mol. The number of ether oxygens (including phenoxy) is 2. The summed E-state index contributed by atoms with van der Waals surface area (Å²) < 4.78 is 10.9. The van der Waals surface area contributed by atoms with Crippen LogP contribution in [0.5, 0.6) is 11.5 Å². The molecule has 0 atom stereocenters. The second-order valence-corrected chi connectivity index (χ2v) is 7.27. The first-order valence-electron chi connectivity index (χ1n) is 8.75. The van der Waals surface area contributed by atoms with Crippen molar-refractivity contribution >= 4 is 35.0 Å². The van der Waals surface area contributed by atoms with E-state index in [1.165, 1.54) is 6.07 Å². The van der Waals surface area contributed by atoms with Crippen molar-refractivity contribution in [1.29, 1.82) is 0 Å². The van der Waals surface area contributed by atoms with E-state index in [-0.39, 0.29) is 6.61 Å². The van der Waals surface area contributed by atoms with Gasteiger partial charge in [-0.3, -0.25) is 20.4 Å². The molecule has 0 spiro atoms. The minimum Gasteiger partial charge on any atom is -0.494 e. The Kier molecular flexibility index (Phi) is 8.42. The monoisotopic (exact) mass is 424 g/mol. The Morgan fingerprint density at radius 2 is 1.82 bits per heavy atom. The molecule has 0 saturated carbocycles. The summed E-state index contributed by atoms with van der Waals surface area (Å²) in [7, 11) is 0. The van der Waals surface area contributed by atoms with Gasteiger partial charge in [-0.1, -0.05) is 43.1 Å². The summed E-state index contributed by atoms with van der Waals surface area (Å²) in [5.74, 6) is 0.446. The van der Waals surface area contributed by atoms with E-state index in [9.17, 15) is 9.59 Å². The Bertz CT molecular complexity index is 828. The Morgan fingerprint density at radius 1 is 1.04 bits per heavy atom. The normalized spacial score (nSPS) is 10.5. The number of amides is 2. The zero-order valence-corrected chi connectivity index (χ0v) is 17.1. The zero-order chi connectivity index (χ0) is 20.5. The standard InChI is InChI=1S/C20H22Cl2N2O4/c1-13(2)8-9-27-16-5-3-4-14(10-16)20(26)24-23-19(25)12-28-18-7-6-15(21)11-17(18)22/h3-7,10-11,13H,8-9,12H2,1-2H3,(H,23,25)(H,24,26). The quantitative estimate of drug-likeness (QED) is 0.620. The highest BCUT2D eigenvalue weighted by Crippen LogP contribution is 2.27. The number of benzene rings is 2. The number of hydrogen-bond acceptors (Lipinski definition) is 4. The number of rotatable bonds is 8. The van der Waals surface area contributed by atoms with Crippen molar-refractivity contribution < 1.29 is 19.1 Å². The second-order valence-electron chi connectivity index (χ2n) is 6.42. The third-order valence-electron chi connectivity index (χ3n) is 3.63. The molecule has 2 amide bonds. The van der Waals surface area contributed by atoms with Crippen molar-refractivity contribution in [1.82, 2.24) is 10.9 Å². The molecule has 0 heterocycles. The van der Waals surface area contributed by atoms with E-state index in [1.807, 2.05) is 0 Å². The molecule has 2 aromatic carbocycles. The van der Waals surface area contributed by atoms with Crippen LogP contribution in [0.2, 0.25) is 10.0 Å². The first-order chi connectivity index (χ1) is 13.3. The first-order valence-corrected chi connectivity index (χ1v) is 9.50. The van der Waals surface area contributed by atoms with Crippen molar-refractivity contribution in [2.45, 2.75) is 20.3 Å². The van der Waals surface area contributed by atoms with Crippen molar-refractivity contribution in [3.8, 4) is 11.5 Å². The summed E-state index contributed by atoms with van der Waals surface area (Å²) in [5.41, 5.74) is 4.98. The number of hydrogen-bond donors (Lipinski definition) is 2. The van der Waals surface area contributed by atoms with E-state index in [4.69, 9.17) is 32.7 Å². The van der Waals surface area contributed by atoms with Crippen LogP contribution >= 0.6 is 23.2 Å². The van der Waals surface area contributed by atoms with Crippen LogP contribution in [0, 0.1) is 5.92 Å². The summed E-state index contributed by atoms with van der Waals surface area (Å²) in [4.78, 5) is 24.0. The van der Waals surface area contributed by atoms with Gasteiger partial charge in [0.15, 0.2) is 6.61 Å². The van der Waals surface area contributed by atoms with Gasteiger partial charge in [-0.2, -0.15) is 0 Å². The molecule has 0 unspecified atom stereocenters. The van der Waals surface area contributed by atoms with Crippen LogP contribution < -0.4 is 20.3 Å². The minimum absolute atomic E-state index is 0.290. The molecule has 2 aromatic rings. The summed E-state index contributed by atoms with van der Waals surface area (Å²) in [6.07, 6.45) is 0.921. The zero-order valence-electron chi connectivity index (χ0n) is 15.6. The van der Waals surface area contributed by atoms with Crippen LogP contribution in [-0.4, -0.2) is 25.0 Å². The Balaban J connectivity index is 1.80. The average Bonchev–Trinajstić information content (AvgIpc) is 2.65. The molecule has 0 bridgehead atoms. The maximum atomic E-state index is 12.2. The van der Waals surface area contributed by atoms with Gasteiger partial charge in [-0.05, 0) is 48.7 Å². The summed E-state index contributed by atoms with van der Waals surface area (Å²) in [6, 6.07) is 11.4. The van der Waals surface area contributed by atoms with E-state index < -0.39 is 11.8 Å². The smallest absolute Gasteiger partial charge is 0.276 e. The largest absolute Gasteiger partial charge is 0.494 e. The third kappa shape index (κ3) is 7.29. The Labute approximate surface area is 174 Å². The van der Waals surface area contributed by atoms with Crippen LogP contribution in [0.1, 0.15) is 30.6 Å². The molecule has 28 heavy (non-hydrogen) atoms. The number of carbonyl (C=O) groups is 2. The highest BCUT2D eigenvalue weighted by atomic mass is 35.5. The summed E-state index contributed by atoms with van der Waals surface area (Å²) in [5, 5.41) is 0.753. The van der Waals surface area contributed by atoms with E-state index in [1.54, 1.807) is 36.4 Å². The van der Waals surface area contributed by atoms with Crippen molar-refractivity contribution in [2.75, 3.05) is 13.2 Å². The molecule has 6 nitrogen and oxygen atoms in total. The number of halogens is 2. The van der Waals surface area contributed by atoms with E-state index in [0.29, 0.717) is 39.6 Å². The lowest BCUT2D eigenvalue weighted by Crippen LogP contribution is -2.43. The highest BCUT2D eigenvalue weighted by Gasteiger charge is 2.10. The number of nitrogens with one attached hydrogen (secondary N) is 2. The summed E-state index contributed by atoms with van der Waals surface area (Å²) in [6.45, 7) is 4.48. The molecule has 2 rings (SSSR count). The maximum absolute atomic E-state index is 12.2. The molecule has 0 aliphatic carbocycles. The predicted molar refractivity (Wildman–Crippen MR) is 109 cm³/mol. The number of hydrazine groups is 1. The highest BCUT2D eigenvalue weighted by molar-refractivity contribution is 6.35. The molecule has 0 aliphatic heterocycles. The van der Waals surface area contributed by atoms with Crippen LogP contribution in [0.15, 0.2) is 42.5 Å². The maximum Gasteiger partial charge on any atom is 0.276 e. The topological polar surface area (TPSA) is 76.7 Å². The average molecular weight is 425 g/mol. The van der Waals surface area contributed by atoms with Crippen LogP contribution in [0.4, 0.5) is 0 Å². The van der Waals surface area contributed by atoms with Crippen LogP contribution in [0.25, 0.3) is 0 Å². The first kappa shape index (κ1) is 21.9. The molecule has 0 aromatic heterocycles. The SMILES string of the molecule is CC(C)CCOc1cccc(C(=O)NNC(=O)COc2ccc(Cl)cc2Cl)c1. The van der Waals surface area contributed by atoms with Crippen molar-refractivity contribution in [2.24, 2.45) is 5.92 Å². The van der Waals surface area contributed by atoms with Gasteiger partial charge in [0.2, 0.25) is 0 Å². The van der Waals surface area contributed by atoms with Gasteiger partial charge in [-0.15, -0.1) is 0 Å². The lowest BCUT2D eigenvalue weighted by molar-refractivity contribution is -0.123. The molecule has 0 saturated heterocycles. The fourth-order valence-corrected chi connectivity index (χ4v) is 2.57. The van der Waals surface area contributed by atoms with Gasteiger partial charge in [0.05, 0.1) is 11.6 Å². The van der Waals surface area contributed by atoms with E-state index in [0.717, 1.165) is 6.42 Å². The molecule has 2 N–H and O–H groups in total. The lowest BCUT2D eigenvalue weighted by atomic mass is 10.1.